The Morgan fingerprint density at radius 3 is 2.70 bits per heavy atom. The van der Waals surface area contributed by atoms with Gasteiger partial charge >= 0.3 is 0 Å². The second-order valence-corrected chi connectivity index (χ2v) is 5.95. The van der Waals surface area contributed by atoms with Crippen LogP contribution >= 0.6 is 11.3 Å². The molecule has 5 nitrogen and oxygen atoms in total. The summed E-state index contributed by atoms with van der Waals surface area (Å²) < 4.78 is 0. The number of anilines is 1. The van der Waals surface area contributed by atoms with Gasteiger partial charge in [0.2, 0.25) is 5.13 Å². The van der Waals surface area contributed by atoms with E-state index >= 15 is 0 Å². The number of para-hydroxylation sites is 1. The number of rotatable bonds is 4. The Kier molecular flexibility index (Phi) is 3.65. The lowest BCUT2D eigenvalue weighted by atomic mass is 10.1. The highest BCUT2D eigenvalue weighted by atomic mass is 32.1. The fourth-order valence-electron chi connectivity index (χ4n) is 2.37. The molecule has 6 heteroatoms. The van der Waals surface area contributed by atoms with Crippen LogP contribution in [0.25, 0.3) is 21.6 Å². The minimum atomic E-state index is 0.658. The second kappa shape index (κ2) is 6.10. The van der Waals surface area contributed by atoms with Gasteiger partial charge in [0.1, 0.15) is 5.69 Å². The summed E-state index contributed by atoms with van der Waals surface area (Å²) in [4.78, 5) is 8.76. The zero-order valence-corrected chi connectivity index (χ0v) is 13.0. The van der Waals surface area contributed by atoms with Gasteiger partial charge in [-0.3, -0.25) is 9.97 Å². The lowest BCUT2D eigenvalue weighted by molar-refractivity contribution is 1.05. The Labute approximate surface area is 137 Å². The largest absolute Gasteiger partial charge is 0.356 e. The molecule has 0 unspecified atom stereocenters. The number of nitrogens with zero attached hydrogens (tertiary/aromatic N) is 4. The fourth-order valence-corrected chi connectivity index (χ4v) is 3.08. The van der Waals surface area contributed by atoms with Crippen LogP contribution in [-0.2, 0) is 6.54 Å². The standard InChI is InChI=1S/C17H13N5S/c1-2-9-18-14(8-1)16-21-22-17(23-16)20-11-13-6-3-5-12-7-4-10-19-15(12)13/h1-10H,11H2,(H,20,22). The van der Waals surface area contributed by atoms with E-state index in [2.05, 4.69) is 43.7 Å². The summed E-state index contributed by atoms with van der Waals surface area (Å²) >= 11 is 1.49. The van der Waals surface area contributed by atoms with Crippen molar-refractivity contribution in [3.8, 4) is 10.7 Å². The molecule has 0 aliphatic carbocycles. The summed E-state index contributed by atoms with van der Waals surface area (Å²) in [5, 5.41) is 14.4. The van der Waals surface area contributed by atoms with Crippen LogP contribution in [0.2, 0.25) is 0 Å². The van der Waals surface area contributed by atoms with Crippen LogP contribution in [0.15, 0.2) is 60.9 Å². The number of hydrogen-bond acceptors (Lipinski definition) is 6. The number of aromatic nitrogens is 4. The Morgan fingerprint density at radius 1 is 0.870 bits per heavy atom. The predicted molar refractivity (Wildman–Crippen MR) is 92.2 cm³/mol. The molecule has 112 valence electrons. The first-order chi connectivity index (χ1) is 11.4. The van der Waals surface area contributed by atoms with E-state index in [9.17, 15) is 0 Å². The molecule has 3 aromatic heterocycles. The molecular formula is C17H13N5S. The molecule has 4 rings (SSSR count). The van der Waals surface area contributed by atoms with Crippen molar-refractivity contribution in [2.75, 3.05) is 5.32 Å². The summed E-state index contributed by atoms with van der Waals surface area (Å²) in [5.41, 5.74) is 2.99. The third kappa shape index (κ3) is 2.89. The van der Waals surface area contributed by atoms with Crippen LogP contribution in [0.3, 0.4) is 0 Å². The van der Waals surface area contributed by atoms with Gasteiger partial charge in [-0.1, -0.05) is 41.7 Å². The maximum Gasteiger partial charge on any atom is 0.206 e. The van der Waals surface area contributed by atoms with Crippen LogP contribution in [0.4, 0.5) is 5.13 Å². The molecule has 0 fully saturated rings. The maximum atomic E-state index is 4.46. The molecule has 0 spiro atoms. The number of fused-ring (bicyclic) bond motifs is 1. The van der Waals surface area contributed by atoms with Gasteiger partial charge in [0.05, 0.1) is 5.52 Å². The summed E-state index contributed by atoms with van der Waals surface area (Å²) in [5.74, 6) is 0. The minimum absolute atomic E-state index is 0.658. The Bertz CT molecular complexity index is 931. The van der Waals surface area contributed by atoms with Crippen LogP contribution in [0.5, 0.6) is 0 Å². The lowest BCUT2D eigenvalue weighted by Crippen LogP contribution is -2.00. The normalized spacial score (nSPS) is 10.8. The molecule has 0 bridgehead atoms. The van der Waals surface area contributed by atoms with Crippen molar-refractivity contribution in [1.82, 2.24) is 20.2 Å². The molecule has 23 heavy (non-hydrogen) atoms. The SMILES string of the molecule is c1ccc(-c2nnc(NCc3cccc4cccnc34)s2)nc1. The highest BCUT2D eigenvalue weighted by molar-refractivity contribution is 7.18. The van der Waals surface area contributed by atoms with E-state index in [0.29, 0.717) is 6.54 Å². The molecular weight excluding hydrogens is 306 g/mol. The van der Waals surface area contributed by atoms with Crippen molar-refractivity contribution in [2.45, 2.75) is 6.54 Å². The lowest BCUT2D eigenvalue weighted by Gasteiger charge is -2.05. The van der Waals surface area contributed by atoms with E-state index in [1.165, 1.54) is 11.3 Å². The zero-order chi connectivity index (χ0) is 15.5. The Morgan fingerprint density at radius 2 is 1.78 bits per heavy atom. The summed E-state index contributed by atoms with van der Waals surface area (Å²) in [6.07, 6.45) is 3.57. The molecule has 1 aromatic carbocycles. The monoisotopic (exact) mass is 319 g/mol. The van der Waals surface area contributed by atoms with Crippen molar-refractivity contribution in [2.24, 2.45) is 0 Å². The van der Waals surface area contributed by atoms with Crippen LogP contribution < -0.4 is 5.32 Å². The molecule has 0 atom stereocenters. The predicted octanol–water partition coefficient (Wildman–Crippen LogP) is 3.76. The van der Waals surface area contributed by atoms with Gasteiger partial charge < -0.3 is 5.32 Å². The van der Waals surface area contributed by atoms with Gasteiger partial charge in [-0.2, -0.15) is 0 Å². The first-order valence-corrected chi connectivity index (χ1v) is 8.03. The van der Waals surface area contributed by atoms with Crippen molar-refractivity contribution in [3.05, 3.63) is 66.5 Å². The Balaban J connectivity index is 1.54. The first-order valence-electron chi connectivity index (χ1n) is 7.21. The number of pyridine rings is 2. The van der Waals surface area contributed by atoms with E-state index in [4.69, 9.17) is 0 Å². The molecule has 0 saturated heterocycles. The molecule has 4 aromatic rings. The topological polar surface area (TPSA) is 63.6 Å². The van der Waals surface area contributed by atoms with Gasteiger partial charge in [0.15, 0.2) is 5.01 Å². The average Bonchev–Trinajstić information content (AvgIpc) is 3.10. The van der Waals surface area contributed by atoms with Crippen LogP contribution in [0, 0.1) is 0 Å². The zero-order valence-electron chi connectivity index (χ0n) is 12.2. The van der Waals surface area contributed by atoms with Crippen LogP contribution in [0.1, 0.15) is 5.56 Å². The molecule has 0 aliphatic rings. The van der Waals surface area contributed by atoms with E-state index in [1.807, 2.05) is 36.5 Å². The summed E-state index contributed by atoms with van der Waals surface area (Å²) in [7, 11) is 0. The first kappa shape index (κ1) is 13.8. The van der Waals surface area contributed by atoms with Gasteiger partial charge in [-0.05, 0) is 23.8 Å². The van der Waals surface area contributed by atoms with E-state index in [-0.39, 0.29) is 0 Å². The highest BCUT2D eigenvalue weighted by Gasteiger charge is 2.08. The van der Waals surface area contributed by atoms with E-state index < -0.39 is 0 Å². The molecule has 0 amide bonds. The van der Waals surface area contributed by atoms with Crippen molar-refractivity contribution < 1.29 is 0 Å². The molecule has 0 saturated carbocycles. The smallest absolute Gasteiger partial charge is 0.206 e. The van der Waals surface area contributed by atoms with Crippen LogP contribution in [-0.4, -0.2) is 20.2 Å². The van der Waals surface area contributed by atoms with Crippen molar-refractivity contribution >= 4 is 27.4 Å². The second-order valence-electron chi connectivity index (χ2n) is 4.97. The van der Waals surface area contributed by atoms with Gasteiger partial charge in [-0.25, -0.2) is 0 Å². The Hall–Kier alpha value is -2.86. The average molecular weight is 319 g/mol. The maximum absolute atomic E-state index is 4.46. The number of benzene rings is 1. The highest BCUT2D eigenvalue weighted by Crippen LogP contribution is 2.25. The van der Waals surface area contributed by atoms with Gasteiger partial charge in [-0.15, -0.1) is 10.2 Å². The number of nitrogens with one attached hydrogen (secondary N) is 1. The molecule has 0 aliphatic heterocycles. The van der Waals surface area contributed by atoms with Gasteiger partial charge in [0, 0.05) is 24.3 Å². The third-order valence-corrected chi connectivity index (χ3v) is 4.36. The van der Waals surface area contributed by atoms with Crippen molar-refractivity contribution in [3.63, 3.8) is 0 Å². The minimum Gasteiger partial charge on any atom is -0.356 e. The summed E-state index contributed by atoms with van der Waals surface area (Å²) in [6.45, 7) is 0.658. The molecule has 1 N–H and O–H groups in total. The summed E-state index contributed by atoms with van der Waals surface area (Å²) in [6, 6.07) is 16.0. The quantitative estimate of drug-likeness (QED) is 0.620. The van der Waals surface area contributed by atoms with Gasteiger partial charge in [0.25, 0.3) is 0 Å². The van der Waals surface area contributed by atoms with Crippen molar-refractivity contribution in [1.29, 1.82) is 0 Å². The molecule has 3 heterocycles. The molecule has 0 radical (unpaired) electrons. The fraction of sp³-hybridized carbons (Fsp3) is 0.0588. The van der Waals surface area contributed by atoms with E-state index in [0.717, 1.165) is 32.3 Å². The van der Waals surface area contributed by atoms with E-state index in [1.54, 1.807) is 6.20 Å². The third-order valence-electron chi connectivity index (χ3n) is 3.46. The number of hydrogen-bond donors (Lipinski definition) is 1.